The predicted molar refractivity (Wildman–Crippen MR) is 86.1 cm³/mol. The Balaban J connectivity index is 1.67. The van der Waals surface area contributed by atoms with Gasteiger partial charge >= 0.3 is 0 Å². The first-order valence-electron chi connectivity index (χ1n) is 6.38. The Hall–Kier alpha value is -1.65. The maximum absolute atomic E-state index is 4.26. The summed E-state index contributed by atoms with van der Waals surface area (Å²) in [5, 5.41) is 9.50. The molecule has 0 aliphatic heterocycles. The number of benzene rings is 2. The molecule has 0 amide bonds. The van der Waals surface area contributed by atoms with Crippen LogP contribution < -0.4 is 0 Å². The zero-order valence-corrected chi connectivity index (χ0v) is 12.7. The third-order valence-electron chi connectivity index (χ3n) is 2.91. The van der Waals surface area contributed by atoms with E-state index >= 15 is 0 Å². The summed E-state index contributed by atoms with van der Waals surface area (Å²) >= 11 is 3.39. The van der Waals surface area contributed by atoms with Crippen molar-refractivity contribution in [3.63, 3.8) is 0 Å². The van der Waals surface area contributed by atoms with Gasteiger partial charge in [0.25, 0.3) is 0 Å². The van der Waals surface area contributed by atoms with Crippen LogP contribution in [0, 0.1) is 6.92 Å². The second-order valence-electron chi connectivity index (χ2n) is 4.51. The predicted octanol–water partition coefficient (Wildman–Crippen LogP) is 4.81. The molecule has 1 aromatic heterocycles. The van der Waals surface area contributed by atoms with Crippen LogP contribution in [0.2, 0.25) is 0 Å². The lowest BCUT2D eigenvalue weighted by Crippen LogP contribution is -1.80. The Bertz CT molecular complexity index is 675. The van der Waals surface area contributed by atoms with Crippen LogP contribution in [0.3, 0.4) is 0 Å². The molecule has 0 aliphatic carbocycles. The number of rotatable bonds is 4. The molecule has 3 aromatic rings. The average molecular weight is 298 g/mol. The monoisotopic (exact) mass is 298 g/mol. The van der Waals surface area contributed by atoms with Gasteiger partial charge in [-0.05, 0) is 12.5 Å². The summed E-state index contributed by atoms with van der Waals surface area (Å²) in [5.74, 6) is 0.934. The first-order valence-corrected chi connectivity index (χ1v) is 8.19. The van der Waals surface area contributed by atoms with Crippen molar-refractivity contribution in [2.24, 2.45) is 0 Å². The molecule has 1 heterocycles. The van der Waals surface area contributed by atoms with Gasteiger partial charge in [-0.2, -0.15) is 0 Å². The van der Waals surface area contributed by atoms with E-state index in [0.717, 1.165) is 20.7 Å². The van der Waals surface area contributed by atoms with Gasteiger partial charge in [-0.1, -0.05) is 83.3 Å². The van der Waals surface area contributed by atoms with Crippen LogP contribution in [0.5, 0.6) is 0 Å². The van der Waals surface area contributed by atoms with Gasteiger partial charge in [0.05, 0.1) is 0 Å². The number of hydrogen-bond acceptors (Lipinski definition) is 4. The lowest BCUT2D eigenvalue weighted by Gasteiger charge is -1.99. The lowest BCUT2D eigenvalue weighted by atomic mass is 10.2. The smallest absolute Gasteiger partial charge is 0.137 e. The molecule has 0 spiro atoms. The van der Waals surface area contributed by atoms with Crippen molar-refractivity contribution in [3.8, 4) is 10.6 Å². The van der Waals surface area contributed by atoms with Crippen molar-refractivity contribution in [1.82, 2.24) is 10.2 Å². The minimum Gasteiger partial charge on any atom is -0.137 e. The van der Waals surface area contributed by atoms with Gasteiger partial charge in [-0.15, -0.1) is 10.2 Å². The van der Waals surface area contributed by atoms with Gasteiger partial charge < -0.3 is 0 Å². The van der Waals surface area contributed by atoms with Gasteiger partial charge in [-0.25, -0.2) is 0 Å². The highest BCUT2D eigenvalue weighted by Crippen LogP contribution is 2.30. The van der Waals surface area contributed by atoms with Crippen molar-refractivity contribution < 1.29 is 0 Å². The molecule has 0 radical (unpaired) electrons. The summed E-state index contributed by atoms with van der Waals surface area (Å²) in [7, 11) is 0. The molecular weight excluding hydrogens is 284 g/mol. The normalized spacial score (nSPS) is 10.7. The molecule has 0 N–H and O–H groups in total. The Morgan fingerprint density at radius 3 is 2.45 bits per heavy atom. The van der Waals surface area contributed by atoms with Crippen molar-refractivity contribution >= 4 is 23.1 Å². The first-order chi connectivity index (χ1) is 9.81. The maximum atomic E-state index is 4.26. The molecular formula is C16H14N2S2. The molecule has 0 fully saturated rings. The summed E-state index contributed by atoms with van der Waals surface area (Å²) in [4.78, 5) is 0. The molecule has 100 valence electrons. The fourth-order valence-electron chi connectivity index (χ4n) is 1.79. The Morgan fingerprint density at radius 1 is 0.950 bits per heavy atom. The molecule has 2 aromatic carbocycles. The summed E-state index contributed by atoms with van der Waals surface area (Å²) in [5.41, 5.74) is 3.74. The second-order valence-corrected chi connectivity index (χ2v) is 6.71. The Kier molecular flexibility index (Phi) is 4.14. The largest absolute Gasteiger partial charge is 0.174 e. The number of aryl methyl sites for hydroxylation is 1. The molecule has 0 atom stereocenters. The van der Waals surface area contributed by atoms with E-state index in [2.05, 4.69) is 53.5 Å². The molecule has 0 bridgehead atoms. The minimum atomic E-state index is 0.934. The number of aromatic nitrogens is 2. The molecule has 0 aliphatic rings. The second kappa shape index (κ2) is 6.20. The molecule has 4 heteroatoms. The number of nitrogens with zero attached hydrogens (tertiary/aromatic N) is 2. The van der Waals surface area contributed by atoms with Crippen molar-refractivity contribution in [3.05, 3.63) is 65.7 Å². The van der Waals surface area contributed by atoms with E-state index in [0.29, 0.717) is 0 Å². The summed E-state index contributed by atoms with van der Waals surface area (Å²) < 4.78 is 1.02. The van der Waals surface area contributed by atoms with Gasteiger partial charge in [0.15, 0.2) is 4.34 Å². The SMILES string of the molecule is Cc1ccc(CSc2nnc(-c3ccccc3)s2)cc1. The van der Waals surface area contributed by atoms with Gasteiger partial charge in [0.1, 0.15) is 5.01 Å². The fraction of sp³-hybridized carbons (Fsp3) is 0.125. The summed E-state index contributed by atoms with van der Waals surface area (Å²) in [6.45, 7) is 2.10. The molecule has 0 saturated carbocycles. The van der Waals surface area contributed by atoms with Crippen LogP contribution in [0.1, 0.15) is 11.1 Å². The first kappa shape index (κ1) is 13.3. The van der Waals surface area contributed by atoms with E-state index in [1.54, 1.807) is 23.1 Å². The fourth-order valence-corrected chi connectivity index (χ4v) is 3.61. The zero-order valence-electron chi connectivity index (χ0n) is 11.1. The highest BCUT2D eigenvalue weighted by molar-refractivity contribution is 8.00. The molecule has 0 saturated heterocycles. The van der Waals surface area contributed by atoms with Crippen LogP contribution in [0.25, 0.3) is 10.6 Å². The van der Waals surface area contributed by atoms with Gasteiger partial charge in [0.2, 0.25) is 0 Å². The van der Waals surface area contributed by atoms with E-state index in [4.69, 9.17) is 0 Å². The lowest BCUT2D eigenvalue weighted by molar-refractivity contribution is 1.01. The topological polar surface area (TPSA) is 25.8 Å². The van der Waals surface area contributed by atoms with E-state index in [9.17, 15) is 0 Å². The van der Waals surface area contributed by atoms with E-state index in [-0.39, 0.29) is 0 Å². The third kappa shape index (κ3) is 3.26. The van der Waals surface area contributed by atoms with Crippen molar-refractivity contribution in [2.45, 2.75) is 17.0 Å². The highest BCUT2D eigenvalue weighted by Gasteiger charge is 2.06. The van der Waals surface area contributed by atoms with E-state index < -0.39 is 0 Å². The third-order valence-corrected chi connectivity index (χ3v) is 5.09. The average Bonchev–Trinajstić information content (AvgIpc) is 2.97. The summed E-state index contributed by atoms with van der Waals surface area (Å²) in [6, 6.07) is 18.8. The number of hydrogen-bond donors (Lipinski definition) is 0. The Labute approximate surface area is 126 Å². The van der Waals surface area contributed by atoms with Crippen LogP contribution in [0.15, 0.2) is 58.9 Å². The molecule has 0 unspecified atom stereocenters. The van der Waals surface area contributed by atoms with Gasteiger partial charge in [0, 0.05) is 11.3 Å². The Morgan fingerprint density at radius 2 is 1.70 bits per heavy atom. The summed E-state index contributed by atoms with van der Waals surface area (Å²) in [6.07, 6.45) is 0. The highest BCUT2D eigenvalue weighted by atomic mass is 32.2. The molecule has 3 rings (SSSR count). The van der Waals surface area contributed by atoms with Crippen molar-refractivity contribution in [2.75, 3.05) is 0 Å². The number of thioether (sulfide) groups is 1. The van der Waals surface area contributed by atoms with Crippen LogP contribution in [-0.2, 0) is 5.75 Å². The van der Waals surface area contributed by atoms with Crippen LogP contribution in [-0.4, -0.2) is 10.2 Å². The van der Waals surface area contributed by atoms with Crippen molar-refractivity contribution in [1.29, 1.82) is 0 Å². The maximum Gasteiger partial charge on any atom is 0.174 e. The standard InChI is InChI=1S/C16H14N2S2/c1-12-7-9-13(10-8-12)11-19-16-18-17-15(20-16)14-5-3-2-4-6-14/h2-10H,11H2,1H3. The zero-order chi connectivity index (χ0) is 13.8. The minimum absolute atomic E-state index is 0.934. The van der Waals surface area contributed by atoms with Gasteiger partial charge in [-0.3, -0.25) is 0 Å². The van der Waals surface area contributed by atoms with E-state index in [1.807, 2.05) is 18.2 Å². The van der Waals surface area contributed by atoms with Crippen LogP contribution >= 0.6 is 23.1 Å². The quantitative estimate of drug-likeness (QED) is 0.647. The molecule has 2 nitrogen and oxygen atoms in total. The van der Waals surface area contributed by atoms with E-state index in [1.165, 1.54) is 11.1 Å². The van der Waals surface area contributed by atoms with Crippen LogP contribution in [0.4, 0.5) is 0 Å². The molecule has 20 heavy (non-hydrogen) atoms.